The molecule has 0 aliphatic carbocycles. The Balaban J connectivity index is 1.92. The molecule has 0 bridgehead atoms. The number of hydrogen-bond acceptors (Lipinski definition) is 7. The highest BCUT2D eigenvalue weighted by molar-refractivity contribution is 7.80. The summed E-state index contributed by atoms with van der Waals surface area (Å²) < 4.78 is 17.0. The second-order valence-corrected chi connectivity index (χ2v) is 7.64. The Hall–Kier alpha value is -1.32. The molecule has 1 heterocycles. The zero-order valence-corrected chi connectivity index (χ0v) is 17.0. The predicted molar refractivity (Wildman–Crippen MR) is 106 cm³/mol. The topological polar surface area (TPSA) is 89.1 Å². The molecule has 0 radical (unpaired) electrons. The van der Waals surface area contributed by atoms with Crippen molar-refractivity contribution >= 4 is 18.5 Å². The van der Waals surface area contributed by atoms with Gasteiger partial charge in [-0.05, 0) is 12.1 Å². The van der Waals surface area contributed by atoms with Gasteiger partial charge in [-0.15, -0.1) is 0 Å². The van der Waals surface area contributed by atoms with E-state index >= 15 is 0 Å². The van der Waals surface area contributed by atoms with Gasteiger partial charge in [0.2, 0.25) is 5.91 Å². The van der Waals surface area contributed by atoms with Crippen molar-refractivity contribution in [3.8, 4) is 5.75 Å². The molecule has 3 N–H and O–H groups in total. The van der Waals surface area contributed by atoms with Gasteiger partial charge in [0, 0.05) is 36.2 Å². The minimum Gasteiger partial charge on any atom is -0.497 e. The molecule has 1 aromatic rings. The van der Waals surface area contributed by atoms with Crippen LogP contribution in [-0.2, 0) is 14.3 Å². The zero-order valence-electron chi connectivity index (χ0n) is 16.1. The van der Waals surface area contributed by atoms with Crippen molar-refractivity contribution in [3.05, 3.63) is 29.8 Å². The van der Waals surface area contributed by atoms with E-state index < -0.39 is 24.0 Å². The first-order valence-corrected chi connectivity index (χ1v) is 9.71. The Kier molecular flexibility index (Phi) is 8.37. The lowest BCUT2D eigenvalue weighted by Crippen LogP contribution is -2.52. The molecule has 3 atom stereocenters. The van der Waals surface area contributed by atoms with Crippen LogP contribution >= 0.6 is 12.6 Å². The summed E-state index contributed by atoms with van der Waals surface area (Å²) in [6.45, 7) is 5.23. The minimum absolute atomic E-state index is 0.205. The van der Waals surface area contributed by atoms with Gasteiger partial charge in [0.05, 0.1) is 13.7 Å². The lowest BCUT2D eigenvalue weighted by Gasteiger charge is -2.41. The third-order valence-corrected chi connectivity index (χ3v) is 4.63. The summed E-state index contributed by atoms with van der Waals surface area (Å²) in [6.07, 6.45) is -1.53. The number of carbonyl (C=O) groups is 1. The largest absolute Gasteiger partial charge is 0.497 e. The maximum Gasteiger partial charge on any atom is 0.249 e. The van der Waals surface area contributed by atoms with Gasteiger partial charge in [-0.25, -0.2) is 0 Å². The molecule has 152 valence electrons. The van der Waals surface area contributed by atoms with E-state index in [4.69, 9.17) is 14.2 Å². The lowest BCUT2D eigenvalue weighted by molar-refractivity contribution is -0.258. The average Bonchev–Trinajstić information content (AvgIpc) is 2.66. The SMILES string of the molecule is COc1ccc(C2OCC(C)(C)C(C(=O)NCCC(O)NCCS)O2)cc1. The quantitative estimate of drug-likeness (QED) is 0.372. The predicted octanol–water partition coefficient (Wildman–Crippen LogP) is 1.48. The Bertz CT molecular complexity index is 596. The van der Waals surface area contributed by atoms with Crippen LogP contribution < -0.4 is 15.4 Å². The smallest absolute Gasteiger partial charge is 0.249 e. The third kappa shape index (κ3) is 6.36. The van der Waals surface area contributed by atoms with E-state index in [0.717, 1.165) is 11.3 Å². The standard InChI is InChI=1S/C19H30N2O5S/c1-19(2)12-25-18(13-4-6-14(24-3)7-5-13)26-16(19)17(23)21-9-8-15(22)20-10-11-27/h4-7,15-16,18,20,22,27H,8-12H2,1-3H3,(H,21,23). The number of nitrogens with one attached hydrogen (secondary N) is 2. The highest BCUT2D eigenvalue weighted by atomic mass is 32.1. The first kappa shape index (κ1) is 22.0. The van der Waals surface area contributed by atoms with E-state index in [1.165, 1.54) is 0 Å². The van der Waals surface area contributed by atoms with E-state index in [1.54, 1.807) is 7.11 Å². The van der Waals surface area contributed by atoms with Crippen molar-refractivity contribution in [2.75, 3.05) is 32.6 Å². The molecule has 1 aromatic carbocycles. The molecule has 1 saturated heterocycles. The van der Waals surface area contributed by atoms with Crippen molar-refractivity contribution in [3.63, 3.8) is 0 Å². The van der Waals surface area contributed by atoms with Crippen LogP contribution in [0.25, 0.3) is 0 Å². The second kappa shape index (κ2) is 10.3. The number of carbonyl (C=O) groups excluding carboxylic acids is 1. The van der Waals surface area contributed by atoms with Crippen LogP contribution in [0.5, 0.6) is 5.75 Å². The van der Waals surface area contributed by atoms with E-state index in [-0.39, 0.29) is 5.91 Å². The number of hydrogen-bond donors (Lipinski definition) is 4. The molecule has 27 heavy (non-hydrogen) atoms. The van der Waals surface area contributed by atoms with Gasteiger partial charge in [-0.2, -0.15) is 12.6 Å². The number of aliphatic hydroxyl groups is 1. The molecule has 1 aliphatic heterocycles. The molecule has 1 amide bonds. The monoisotopic (exact) mass is 398 g/mol. The third-order valence-electron chi connectivity index (χ3n) is 4.41. The highest BCUT2D eigenvalue weighted by Gasteiger charge is 2.43. The van der Waals surface area contributed by atoms with Crippen LogP contribution in [0, 0.1) is 5.41 Å². The van der Waals surface area contributed by atoms with Crippen LogP contribution in [0.2, 0.25) is 0 Å². The molecular weight excluding hydrogens is 368 g/mol. The van der Waals surface area contributed by atoms with E-state index in [0.29, 0.717) is 31.9 Å². The second-order valence-electron chi connectivity index (χ2n) is 7.19. The van der Waals surface area contributed by atoms with E-state index in [2.05, 4.69) is 23.3 Å². The lowest BCUT2D eigenvalue weighted by atomic mass is 9.85. The number of amides is 1. The summed E-state index contributed by atoms with van der Waals surface area (Å²) in [7, 11) is 1.61. The fraction of sp³-hybridized carbons (Fsp3) is 0.632. The number of ether oxygens (including phenoxy) is 3. The molecule has 1 fully saturated rings. The fourth-order valence-electron chi connectivity index (χ4n) is 2.82. The Morgan fingerprint density at radius 3 is 2.70 bits per heavy atom. The summed E-state index contributed by atoms with van der Waals surface area (Å²) in [5.74, 6) is 1.18. The molecular formula is C19H30N2O5S. The molecule has 3 unspecified atom stereocenters. The number of methoxy groups -OCH3 is 1. The molecule has 0 saturated carbocycles. The van der Waals surface area contributed by atoms with Gasteiger partial charge in [-0.3, -0.25) is 10.1 Å². The van der Waals surface area contributed by atoms with Crippen LogP contribution in [0.15, 0.2) is 24.3 Å². The maximum atomic E-state index is 12.7. The van der Waals surface area contributed by atoms with Gasteiger partial charge in [0.1, 0.15) is 18.1 Å². The van der Waals surface area contributed by atoms with Gasteiger partial charge >= 0.3 is 0 Å². The van der Waals surface area contributed by atoms with E-state index in [9.17, 15) is 9.90 Å². The normalized spacial score (nSPS) is 22.9. The van der Waals surface area contributed by atoms with Gasteiger partial charge in [-0.1, -0.05) is 26.0 Å². The molecule has 7 nitrogen and oxygen atoms in total. The molecule has 2 rings (SSSR count). The van der Waals surface area contributed by atoms with Gasteiger partial charge < -0.3 is 24.6 Å². The van der Waals surface area contributed by atoms with Crippen LogP contribution in [0.3, 0.4) is 0 Å². The number of aliphatic hydroxyl groups excluding tert-OH is 1. The summed E-state index contributed by atoms with van der Waals surface area (Å²) >= 11 is 4.08. The van der Waals surface area contributed by atoms with Crippen LogP contribution in [0.1, 0.15) is 32.1 Å². The van der Waals surface area contributed by atoms with Gasteiger partial charge in [0.15, 0.2) is 6.29 Å². The molecule has 8 heteroatoms. The highest BCUT2D eigenvalue weighted by Crippen LogP contribution is 2.36. The van der Waals surface area contributed by atoms with Crippen LogP contribution in [0.4, 0.5) is 0 Å². The van der Waals surface area contributed by atoms with Crippen molar-refractivity contribution in [2.45, 2.75) is 38.9 Å². The van der Waals surface area contributed by atoms with Crippen LogP contribution in [-0.4, -0.2) is 55.9 Å². The summed E-state index contributed by atoms with van der Waals surface area (Å²) in [5.41, 5.74) is 0.367. The zero-order chi connectivity index (χ0) is 19.9. The summed E-state index contributed by atoms with van der Waals surface area (Å²) in [4.78, 5) is 12.7. The first-order chi connectivity index (χ1) is 12.9. The van der Waals surface area contributed by atoms with Crippen molar-refractivity contribution in [1.82, 2.24) is 10.6 Å². The Morgan fingerprint density at radius 1 is 1.37 bits per heavy atom. The molecule has 1 aliphatic rings. The summed E-state index contributed by atoms with van der Waals surface area (Å²) in [5, 5.41) is 15.5. The number of benzene rings is 1. The van der Waals surface area contributed by atoms with Crippen molar-refractivity contribution < 1.29 is 24.1 Å². The number of rotatable bonds is 9. The van der Waals surface area contributed by atoms with E-state index in [1.807, 2.05) is 38.1 Å². The number of thiol groups is 1. The van der Waals surface area contributed by atoms with Crippen molar-refractivity contribution in [1.29, 1.82) is 0 Å². The minimum atomic E-state index is -0.673. The molecule has 0 spiro atoms. The first-order valence-electron chi connectivity index (χ1n) is 9.08. The van der Waals surface area contributed by atoms with Gasteiger partial charge in [0.25, 0.3) is 0 Å². The summed E-state index contributed by atoms with van der Waals surface area (Å²) in [6, 6.07) is 7.38. The maximum absolute atomic E-state index is 12.7. The Morgan fingerprint density at radius 2 is 2.07 bits per heavy atom. The average molecular weight is 399 g/mol. The Labute approximate surface area is 166 Å². The fourth-order valence-corrected chi connectivity index (χ4v) is 2.95. The molecule has 0 aromatic heterocycles. The van der Waals surface area contributed by atoms with Crippen molar-refractivity contribution in [2.24, 2.45) is 5.41 Å².